The maximum absolute atomic E-state index is 11.9. The summed E-state index contributed by atoms with van der Waals surface area (Å²) in [5, 5.41) is 17.4. The molecule has 0 radical (unpaired) electrons. The first-order valence-electron chi connectivity index (χ1n) is 5.13. The quantitative estimate of drug-likeness (QED) is 0.632. The van der Waals surface area contributed by atoms with Crippen molar-refractivity contribution in [2.24, 2.45) is 7.05 Å². The van der Waals surface area contributed by atoms with E-state index in [1.54, 1.807) is 13.1 Å². The van der Waals surface area contributed by atoms with E-state index in [-0.39, 0.29) is 11.4 Å². The average Bonchev–Trinajstić information content (AvgIpc) is 2.65. The molecule has 0 bridgehead atoms. The molecule has 0 aliphatic carbocycles. The molecule has 0 fully saturated rings. The number of nitrogens with one attached hydrogen (secondary N) is 1. The van der Waals surface area contributed by atoms with Gasteiger partial charge in [0.15, 0.2) is 0 Å². The van der Waals surface area contributed by atoms with Crippen molar-refractivity contribution in [2.45, 2.75) is 0 Å². The average molecular weight is 249 g/mol. The Labute approximate surface area is 102 Å². The predicted octanol–water partition coefficient (Wildman–Crippen LogP) is 0.521. The van der Waals surface area contributed by atoms with Gasteiger partial charge in [-0.1, -0.05) is 6.07 Å². The molecule has 1 aromatic carbocycles. The second-order valence-corrected chi connectivity index (χ2v) is 3.59. The van der Waals surface area contributed by atoms with Crippen LogP contribution in [0.25, 0.3) is 5.69 Å². The fourth-order valence-corrected chi connectivity index (χ4v) is 1.61. The molecule has 0 saturated heterocycles. The molecule has 0 unspecified atom stereocenters. The van der Waals surface area contributed by atoms with Gasteiger partial charge in [-0.2, -0.15) is 0 Å². The molecule has 2 rings (SSSR count). The van der Waals surface area contributed by atoms with Gasteiger partial charge in [0.05, 0.1) is 10.6 Å². The maximum Gasteiger partial charge on any atom is 0.351 e. The minimum absolute atomic E-state index is 0.0784. The van der Waals surface area contributed by atoms with Crippen LogP contribution in [-0.2, 0) is 7.05 Å². The first kappa shape index (κ1) is 11.8. The van der Waals surface area contributed by atoms with Crippen LogP contribution < -0.4 is 11.0 Å². The van der Waals surface area contributed by atoms with Gasteiger partial charge in [0, 0.05) is 26.2 Å². The number of nitrogens with zero attached hydrogens (tertiary/aromatic N) is 4. The number of nitro benzene ring substituents is 1. The largest absolute Gasteiger partial charge is 0.357 e. The third kappa shape index (κ3) is 1.83. The van der Waals surface area contributed by atoms with Gasteiger partial charge >= 0.3 is 5.69 Å². The van der Waals surface area contributed by atoms with Crippen LogP contribution in [-0.4, -0.2) is 26.3 Å². The van der Waals surface area contributed by atoms with Gasteiger partial charge < -0.3 is 5.32 Å². The molecule has 0 aliphatic heterocycles. The molecule has 18 heavy (non-hydrogen) atoms. The lowest BCUT2D eigenvalue weighted by molar-refractivity contribution is -0.384. The van der Waals surface area contributed by atoms with E-state index in [2.05, 4.69) is 10.4 Å². The van der Waals surface area contributed by atoms with Crippen molar-refractivity contribution >= 4 is 11.6 Å². The molecule has 0 amide bonds. The zero-order valence-electron chi connectivity index (χ0n) is 9.82. The zero-order chi connectivity index (χ0) is 13.3. The first-order chi connectivity index (χ1) is 8.54. The fraction of sp³-hybridized carbons (Fsp3) is 0.200. The second kappa shape index (κ2) is 4.32. The van der Waals surface area contributed by atoms with Crippen molar-refractivity contribution in [1.82, 2.24) is 14.3 Å². The number of aromatic nitrogens is 3. The number of nitro groups is 1. The Morgan fingerprint density at radius 1 is 1.44 bits per heavy atom. The van der Waals surface area contributed by atoms with Crippen LogP contribution in [0.5, 0.6) is 0 Å². The molecule has 1 N–H and O–H groups in total. The lowest BCUT2D eigenvalue weighted by Crippen LogP contribution is -2.21. The smallest absolute Gasteiger partial charge is 0.351 e. The number of benzene rings is 1. The summed E-state index contributed by atoms with van der Waals surface area (Å²) < 4.78 is 2.43. The predicted molar refractivity (Wildman–Crippen MR) is 65.0 cm³/mol. The Morgan fingerprint density at radius 3 is 2.78 bits per heavy atom. The van der Waals surface area contributed by atoms with E-state index in [9.17, 15) is 14.9 Å². The molecular weight excluding hydrogens is 238 g/mol. The molecular formula is C10H11N5O3. The lowest BCUT2D eigenvalue weighted by Gasteiger charge is -2.04. The van der Waals surface area contributed by atoms with Crippen LogP contribution in [0.15, 0.2) is 29.1 Å². The number of hydrogen-bond acceptors (Lipinski definition) is 5. The highest BCUT2D eigenvalue weighted by molar-refractivity contribution is 5.47. The molecule has 0 aliphatic rings. The van der Waals surface area contributed by atoms with E-state index in [1.807, 2.05) is 0 Å². The molecule has 0 atom stereocenters. The van der Waals surface area contributed by atoms with Gasteiger partial charge in [0.1, 0.15) is 0 Å². The van der Waals surface area contributed by atoms with Crippen LogP contribution in [0.4, 0.5) is 11.6 Å². The molecule has 8 nitrogen and oxygen atoms in total. The van der Waals surface area contributed by atoms with E-state index in [4.69, 9.17) is 0 Å². The first-order valence-corrected chi connectivity index (χ1v) is 5.13. The van der Waals surface area contributed by atoms with Crippen molar-refractivity contribution in [3.05, 3.63) is 44.9 Å². The highest BCUT2D eigenvalue weighted by Gasteiger charge is 2.14. The Bertz CT molecular complexity index is 658. The SMILES string of the molecule is CNc1nn(C)c(=O)n1-c1cccc([N+](=O)[O-])c1. The second-order valence-electron chi connectivity index (χ2n) is 3.59. The summed E-state index contributed by atoms with van der Waals surface area (Å²) in [5.41, 5.74) is -0.0585. The van der Waals surface area contributed by atoms with Gasteiger partial charge in [-0.3, -0.25) is 10.1 Å². The fourth-order valence-electron chi connectivity index (χ4n) is 1.61. The Morgan fingerprint density at radius 2 is 2.17 bits per heavy atom. The molecule has 0 saturated carbocycles. The Balaban J connectivity index is 2.65. The molecule has 94 valence electrons. The number of anilines is 1. The van der Waals surface area contributed by atoms with Crippen LogP contribution in [0.3, 0.4) is 0 Å². The molecule has 1 heterocycles. The van der Waals surface area contributed by atoms with E-state index in [0.29, 0.717) is 11.6 Å². The van der Waals surface area contributed by atoms with Gasteiger partial charge in [-0.05, 0) is 6.07 Å². The number of non-ortho nitro benzene ring substituents is 1. The summed E-state index contributed by atoms with van der Waals surface area (Å²) in [5.74, 6) is 0.322. The topological polar surface area (TPSA) is 95.0 Å². The summed E-state index contributed by atoms with van der Waals surface area (Å²) >= 11 is 0. The molecule has 1 aromatic heterocycles. The van der Waals surface area contributed by atoms with Crippen molar-refractivity contribution < 1.29 is 4.92 Å². The van der Waals surface area contributed by atoms with E-state index < -0.39 is 4.92 Å². The highest BCUT2D eigenvalue weighted by Crippen LogP contribution is 2.17. The van der Waals surface area contributed by atoms with Crippen LogP contribution in [0.2, 0.25) is 0 Å². The standard InChI is InChI=1S/C10H11N5O3/c1-11-9-12-13(2)10(16)14(9)7-4-3-5-8(6-7)15(17)18/h3-6H,1-2H3,(H,11,12). The molecule has 2 aromatic rings. The summed E-state index contributed by atoms with van der Waals surface area (Å²) in [6, 6.07) is 5.82. The van der Waals surface area contributed by atoms with Gasteiger partial charge in [-0.15, -0.1) is 5.10 Å². The van der Waals surface area contributed by atoms with E-state index in [0.717, 1.165) is 4.68 Å². The number of hydrogen-bond donors (Lipinski definition) is 1. The van der Waals surface area contributed by atoms with Crippen LogP contribution >= 0.6 is 0 Å². The van der Waals surface area contributed by atoms with Gasteiger partial charge in [-0.25, -0.2) is 14.0 Å². The summed E-state index contributed by atoms with van der Waals surface area (Å²) in [4.78, 5) is 22.1. The third-order valence-electron chi connectivity index (χ3n) is 2.45. The minimum atomic E-state index is -0.510. The van der Waals surface area contributed by atoms with Crippen molar-refractivity contribution in [2.75, 3.05) is 12.4 Å². The number of aryl methyl sites for hydroxylation is 1. The lowest BCUT2D eigenvalue weighted by atomic mass is 10.3. The molecule has 0 spiro atoms. The van der Waals surface area contributed by atoms with Crippen molar-refractivity contribution in [3.8, 4) is 5.69 Å². The van der Waals surface area contributed by atoms with Gasteiger partial charge in [0.2, 0.25) is 5.95 Å². The Kier molecular flexibility index (Phi) is 2.84. The van der Waals surface area contributed by atoms with E-state index in [1.165, 1.54) is 29.8 Å². The summed E-state index contributed by atoms with van der Waals surface area (Å²) in [6.07, 6.45) is 0. The summed E-state index contributed by atoms with van der Waals surface area (Å²) in [7, 11) is 3.13. The van der Waals surface area contributed by atoms with Crippen molar-refractivity contribution in [1.29, 1.82) is 0 Å². The summed E-state index contributed by atoms with van der Waals surface area (Å²) in [6.45, 7) is 0. The highest BCUT2D eigenvalue weighted by atomic mass is 16.6. The van der Waals surface area contributed by atoms with Crippen LogP contribution in [0, 0.1) is 10.1 Å². The maximum atomic E-state index is 11.9. The Hall–Kier alpha value is -2.64. The minimum Gasteiger partial charge on any atom is -0.357 e. The molecule has 8 heteroatoms. The third-order valence-corrected chi connectivity index (χ3v) is 2.45. The number of rotatable bonds is 3. The van der Waals surface area contributed by atoms with Gasteiger partial charge in [0.25, 0.3) is 5.69 Å². The normalized spacial score (nSPS) is 10.3. The van der Waals surface area contributed by atoms with E-state index >= 15 is 0 Å². The van der Waals surface area contributed by atoms with Crippen molar-refractivity contribution in [3.63, 3.8) is 0 Å². The monoisotopic (exact) mass is 249 g/mol. The van der Waals surface area contributed by atoms with Crippen LogP contribution in [0.1, 0.15) is 0 Å². The zero-order valence-corrected chi connectivity index (χ0v) is 9.82.